The van der Waals surface area contributed by atoms with Crippen LogP contribution < -0.4 is 16.4 Å². The van der Waals surface area contributed by atoms with Gasteiger partial charge in [-0.05, 0) is 43.4 Å². The Morgan fingerprint density at radius 3 is 2.11 bits per heavy atom. The molecular formula is C19H28ClN5O2. The van der Waals surface area contributed by atoms with Gasteiger partial charge in [-0.1, -0.05) is 23.7 Å². The molecule has 1 aromatic rings. The molecule has 0 spiro atoms. The van der Waals surface area contributed by atoms with Crippen LogP contribution in [0, 0.1) is 0 Å². The van der Waals surface area contributed by atoms with Crippen molar-refractivity contribution in [2.75, 3.05) is 26.2 Å². The summed E-state index contributed by atoms with van der Waals surface area (Å²) in [4.78, 5) is 27.6. The summed E-state index contributed by atoms with van der Waals surface area (Å²) in [6.07, 6.45) is 3.41. The highest BCUT2D eigenvalue weighted by Crippen LogP contribution is 2.17. The molecule has 2 heterocycles. The molecule has 0 radical (unpaired) electrons. The molecular weight excluding hydrogens is 366 g/mol. The zero-order chi connectivity index (χ0) is 19.2. The Balaban J connectivity index is 1.37. The van der Waals surface area contributed by atoms with E-state index in [9.17, 15) is 9.59 Å². The van der Waals surface area contributed by atoms with E-state index in [2.05, 4.69) is 27.7 Å². The first-order valence-electron chi connectivity index (χ1n) is 9.58. The van der Waals surface area contributed by atoms with Crippen molar-refractivity contribution >= 4 is 23.7 Å². The second-order valence-electron chi connectivity index (χ2n) is 7.40. The lowest BCUT2D eigenvalue weighted by Gasteiger charge is -2.36. The Hall–Kier alpha value is -1.99. The van der Waals surface area contributed by atoms with Gasteiger partial charge in [0, 0.05) is 49.8 Å². The van der Waals surface area contributed by atoms with E-state index in [4.69, 9.17) is 17.3 Å². The quantitative estimate of drug-likeness (QED) is 0.732. The summed E-state index contributed by atoms with van der Waals surface area (Å²) in [5.41, 5.74) is 6.41. The molecule has 2 fully saturated rings. The fourth-order valence-electron chi connectivity index (χ4n) is 3.78. The molecule has 0 aromatic heterocycles. The number of likely N-dealkylation sites (tertiary alicyclic amines) is 2. The van der Waals surface area contributed by atoms with Gasteiger partial charge in [0.05, 0.1) is 0 Å². The van der Waals surface area contributed by atoms with Gasteiger partial charge in [-0.2, -0.15) is 0 Å². The molecule has 0 saturated carbocycles. The fourth-order valence-corrected chi connectivity index (χ4v) is 3.90. The number of carbonyl (C=O) groups excluding carboxylic acids is 2. The van der Waals surface area contributed by atoms with Crippen LogP contribution in [-0.2, 0) is 6.54 Å². The molecule has 3 rings (SSSR count). The summed E-state index contributed by atoms with van der Waals surface area (Å²) >= 11 is 5.93. The van der Waals surface area contributed by atoms with Crippen LogP contribution in [0.1, 0.15) is 31.2 Å². The lowest BCUT2D eigenvalue weighted by molar-refractivity contribution is 0.157. The molecule has 0 bridgehead atoms. The molecule has 7 nitrogen and oxygen atoms in total. The Kier molecular flexibility index (Phi) is 6.79. The van der Waals surface area contributed by atoms with Crippen LogP contribution in [0.3, 0.4) is 0 Å². The van der Waals surface area contributed by atoms with E-state index in [1.54, 1.807) is 0 Å². The zero-order valence-corrected chi connectivity index (χ0v) is 16.3. The van der Waals surface area contributed by atoms with Crippen LogP contribution in [0.4, 0.5) is 9.59 Å². The first kappa shape index (κ1) is 19.8. The third-order valence-corrected chi connectivity index (χ3v) is 5.62. The molecule has 2 aliphatic heterocycles. The maximum absolute atomic E-state index is 12.5. The summed E-state index contributed by atoms with van der Waals surface area (Å²) in [6, 6.07) is 7.77. The summed E-state index contributed by atoms with van der Waals surface area (Å²) < 4.78 is 0. The number of primary amides is 1. The zero-order valence-electron chi connectivity index (χ0n) is 15.5. The fraction of sp³-hybridized carbons (Fsp3) is 0.579. The predicted octanol–water partition coefficient (Wildman–Crippen LogP) is 2.15. The van der Waals surface area contributed by atoms with Gasteiger partial charge < -0.3 is 21.3 Å². The molecule has 0 atom stereocenters. The summed E-state index contributed by atoms with van der Waals surface area (Å²) in [6.45, 7) is 4.15. The molecule has 148 valence electrons. The van der Waals surface area contributed by atoms with Gasteiger partial charge in [-0.3, -0.25) is 4.90 Å². The normalized spacial score (nSPS) is 19.7. The highest BCUT2D eigenvalue weighted by Gasteiger charge is 2.26. The average molecular weight is 394 g/mol. The van der Waals surface area contributed by atoms with E-state index in [1.807, 2.05) is 17.0 Å². The number of piperidine rings is 2. The number of nitrogens with two attached hydrogens (primary N) is 1. The second-order valence-corrected chi connectivity index (χ2v) is 7.83. The molecule has 4 amide bonds. The SMILES string of the molecule is NC(=O)NC1CCN(C(=O)NC2CCN(Cc3ccc(Cl)cc3)CC2)CC1. The van der Waals surface area contributed by atoms with E-state index in [0.717, 1.165) is 50.3 Å². The molecule has 4 N–H and O–H groups in total. The first-order chi connectivity index (χ1) is 13.0. The standard InChI is InChI=1S/C19H28ClN5O2/c20-15-3-1-14(2-4-15)13-24-9-5-17(6-10-24)23-19(27)25-11-7-16(8-12-25)22-18(21)26/h1-4,16-17H,5-13H2,(H,23,27)(H3,21,22,26). The van der Waals surface area contributed by atoms with Crippen molar-refractivity contribution in [2.45, 2.75) is 44.3 Å². The van der Waals surface area contributed by atoms with Crippen LogP contribution >= 0.6 is 11.6 Å². The van der Waals surface area contributed by atoms with Crippen LogP contribution in [0.15, 0.2) is 24.3 Å². The lowest BCUT2D eigenvalue weighted by atomic mass is 10.0. The molecule has 27 heavy (non-hydrogen) atoms. The number of rotatable bonds is 4. The minimum absolute atomic E-state index is 0.00340. The van der Waals surface area contributed by atoms with Gasteiger partial charge in [-0.15, -0.1) is 0 Å². The highest BCUT2D eigenvalue weighted by atomic mass is 35.5. The van der Waals surface area contributed by atoms with E-state index in [-0.39, 0.29) is 18.1 Å². The summed E-state index contributed by atoms with van der Waals surface area (Å²) in [7, 11) is 0. The molecule has 0 unspecified atom stereocenters. The van der Waals surface area contributed by atoms with E-state index < -0.39 is 6.03 Å². The third kappa shape index (κ3) is 6.01. The number of benzene rings is 1. The van der Waals surface area contributed by atoms with Crippen LogP contribution in [0.5, 0.6) is 0 Å². The van der Waals surface area contributed by atoms with Gasteiger partial charge >= 0.3 is 12.1 Å². The van der Waals surface area contributed by atoms with Gasteiger partial charge in [0.15, 0.2) is 0 Å². The monoisotopic (exact) mass is 393 g/mol. The molecule has 1 aromatic carbocycles. The van der Waals surface area contributed by atoms with Crippen LogP contribution in [0.25, 0.3) is 0 Å². The molecule has 2 saturated heterocycles. The predicted molar refractivity (Wildman–Crippen MR) is 106 cm³/mol. The van der Waals surface area contributed by atoms with E-state index in [0.29, 0.717) is 13.1 Å². The minimum atomic E-state index is -0.497. The average Bonchev–Trinajstić information content (AvgIpc) is 2.65. The molecule has 8 heteroatoms. The second kappa shape index (κ2) is 9.28. The van der Waals surface area contributed by atoms with Crippen molar-refractivity contribution in [3.8, 4) is 0 Å². The van der Waals surface area contributed by atoms with Crippen molar-refractivity contribution < 1.29 is 9.59 Å². The number of nitrogens with one attached hydrogen (secondary N) is 2. The number of hydrogen-bond acceptors (Lipinski definition) is 3. The Bertz CT molecular complexity index is 638. The van der Waals surface area contributed by atoms with Gasteiger partial charge in [-0.25, -0.2) is 9.59 Å². The van der Waals surface area contributed by atoms with Gasteiger partial charge in [0.1, 0.15) is 0 Å². The smallest absolute Gasteiger partial charge is 0.317 e. The largest absolute Gasteiger partial charge is 0.352 e. The first-order valence-corrected chi connectivity index (χ1v) is 9.95. The van der Waals surface area contributed by atoms with Crippen LogP contribution in [0.2, 0.25) is 5.02 Å². The molecule has 0 aliphatic carbocycles. The number of amides is 4. The number of carbonyl (C=O) groups is 2. The number of nitrogens with zero attached hydrogens (tertiary/aromatic N) is 2. The maximum Gasteiger partial charge on any atom is 0.317 e. The van der Waals surface area contributed by atoms with Crippen molar-refractivity contribution in [2.24, 2.45) is 5.73 Å². The van der Waals surface area contributed by atoms with Gasteiger partial charge in [0.25, 0.3) is 0 Å². The Morgan fingerprint density at radius 1 is 0.963 bits per heavy atom. The number of halogens is 1. The van der Waals surface area contributed by atoms with E-state index in [1.165, 1.54) is 5.56 Å². The van der Waals surface area contributed by atoms with Crippen molar-refractivity contribution in [3.05, 3.63) is 34.9 Å². The van der Waals surface area contributed by atoms with Crippen molar-refractivity contribution in [3.63, 3.8) is 0 Å². The molecule has 2 aliphatic rings. The Morgan fingerprint density at radius 2 is 1.52 bits per heavy atom. The topological polar surface area (TPSA) is 90.7 Å². The van der Waals surface area contributed by atoms with Crippen molar-refractivity contribution in [1.82, 2.24) is 20.4 Å². The summed E-state index contributed by atoms with van der Waals surface area (Å²) in [5.74, 6) is 0. The highest BCUT2D eigenvalue weighted by molar-refractivity contribution is 6.30. The minimum Gasteiger partial charge on any atom is -0.352 e. The van der Waals surface area contributed by atoms with Crippen LogP contribution in [-0.4, -0.2) is 60.1 Å². The van der Waals surface area contributed by atoms with Crippen molar-refractivity contribution in [1.29, 1.82) is 0 Å². The number of urea groups is 2. The van der Waals surface area contributed by atoms with E-state index >= 15 is 0 Å². The summed E-state index contributed by atoms with van der Waals surface area (Å²) in [5, 5.41) is 6.64. The lowest BCUT2D eigenvalue weighted by Crippen LogP contribution is -2.53. The van der Waals surface area contributed by atoms with Gasteiger partial charge in [0.2, 0.25) is 0 Å². The number of hydrogen-bond donors (Lipinski definition) is 3. The maximum atomic E-state index is 12.5. The Labute approximate surface area is 165 Å². The third-order valence-electron chi connectivity index (χ3n) is 5.36.